The minimum atomic E-state index is -3.23. The molecular formula is C7H14N2O3S. The molecule has 2 N–H and O–H groups in total. The second-order valence-corrected chi connectivity index (χ2v) is 5.46. The van der Waals surface area contributed by atoms with Gasteiger partial charge in [0.1, 0.15) is 0 Å². The number of nitrogens with zero attached hydrogens (tertiary/aromatic N) is 1. The molecular weight excluding hydrogens is 192 g/mol. The first-order chi connectivity index (χ1) is 6.12. The third kappa shape index (κ3) is 2.01. The molecule has 6 heteroatoms. The van der Waals surface area contributed by atoms with Crippen LogP contribution in [0.3, 0.4) is 0 Å². The number of hydrogen-bond donors (Lipinski definition) is 2. The SMILES string of the molecule is O=S(=O)(NC1CC1)N1CC(CO)C1. The van der Waals surface area contributed by atoms with E-state index in [9.17, 15) is 8.42 Å². The summed E-state index contributed by atoms with van der Waals surface area (Å²) in [5.74, 6) is 0.135. The predicted octanol–water partition coefficient (Wildman–Crippen LogP) is -1.09. The molecule has 0 radical (unpaired) electrons. The average molecular weight is 206 g/mol. The van der Waals surface area contributed by atoms with E-state index in [1.807, 2.05) is 0 Å². The molecule has 0 spiro atoms. The first-order valence-corrected chi connectivity index (χ1v) is 5.94. The Labute approximate surface area is 77.9 Å². The van der Waals surface area contributed by atoms with Crippen LogP contribution in [0.5, 0.6) is 0 Å². The Bertz CT molecular complexity index is 280. The van der Waals surface area contributed by atoms with Gasteiger partial charge in [0.25, 0.3) is 10.2 Å². The van der Waals surface area contributed by atoms with Crippen LogP contribution in [-0.4, -0.2) is 43.6 Å². The maximum atomic E-state index is 11.5. The Morgan fingerprint density at radius 2 is 2.00 bits per heavy atom. The van der Waals surface area contributed by atoms with Crippen molar-refractivity contribution < 1.29 is 13.5 Å². The molecule has 1 saturated carbocycles. The first-order valence-electron chi connectivity index (χ1n) is 4.50. The number of hydrogen-bond acceptors (Lipinski definition) is 3. The van der Waals surface area contributed by atoms with Crippen molar-refractivity contribution in [1.82, 2.24) is 9.03 Å². The maximum absolute atomic E-state index is 11.5. The number of aliphatic hydroxyl groups excluding tert-OH is 1. The summed E-state index contributed by atoms with van der Waals surface area (Å²) < 4.78 is 26.9. The van der Waals surface area contributed by atoms with Gasteiger partial charge < -0.3 is 5.11 Å². The van der Waals surface area contributed by atoms with Crippen LogP contribution >= 0.6 is 0 Å². The van der Waals surface area contributed by atoms with Crippen LogP contribution in [0.25, 0.3) is 0 Å². The average Bonchev–Trinajstić information content (AvgIpc) is 2.67. The first kappa shape index (κ1) is 9.39. The summed E-state index contributed by atoms with van der Waals surface area (Å²) in [6.07, 6.45) is 1.91. The largest absolute Gasteiger partial charge is 0.396 e. The third-order valence-corrected chi connectivity index (χ3v) is 4.02. The lowest BCUT2D eigenvalue weighted by Gasteiger charge is -2.36. The molecule has 1 aliphatic carbocycles. The summed E-state index contributed by atoms with van der Waals surface area (Å²) >= 11 is 0. The topological polar surface area (TPSA) is 69.6 Å². The Morgan fingerprint density at radius 3 is 2.46 bits per heavy atom. The van der Waals surface area contributed by atoms with Crippen LogP contribution < -0.4 is 4.72 Å². The highest BCUT2D eigenvalue weighted by molar-refractivity contribution is 7.87. The second-order valence-electron chi connectivity index (χ2n) is 3.76. The normalized spacial score (nSPS) is 25.9. The van der Waals surface area contributed by atoms with Gasteiger partial charge in [-0.2, -0.15) is 17.4 Å². The summed E-state index contributed by atoms with van der Waals surface area (Å²) in [7, 11) is -3.23. The van der Waals surface area contributed by atoms with Crippen molar-refractivity contribution in [3.05, 3.63) is 0 Å². The van der Waals surface area contributed by atoms with Crippen molar-refractivity contribution in [1.29, 1.82) is 0 Å². The van der Waals surface area contributed by atoms with Crippen LogP contribution in [0.2, 0.25) is 0 Å². The summed E-state index contributed by atoms with van der Waals surface area (Å²) in [6.45, 7) is 0.993. The Morgan fingerprint density at radius 1 is 1.38 bits per heavy atom. The molecule has 2 fully saturated rings. The quantitative estimate of drug-likeness (QED) is 0.614. The van der Waals surface area contributed by atoms with E-state index >= 15 is 0 Å². The molecule has 13 heavy (non-hydrogen) atoms. The van der Waals surface area contributed by atoms with Gasteiger partial charge in [-0.1, -0.05) is 0 Å². The van der Waals surface area contributed by atoms with Crippen molar-refractivity contribution >= 4 is 10.2 Å². The standard InChI is InChI=1S/C7H14N2O3S/c10-5-6-3-9(4-6)13(11,12)8-7-1-2-7/h6-8,10H,1-5H2. The molecule has 0 amide bonds. The lowest BCUT2D eigenvalue weighted by Crippen LogP contribution is -2.55. The fraction of sp³-hybridized carbons (Fsp3) is 1.00. The van der Waals surface area contributed by atoms with Gasteiger partial charge >= 0.3 is 0 Å². The predicted molar refractivity (Wildman–Crippen MR) is 47.2 cm³/mol. The van der Waals surface area contributed by atoms with Gasteiger partial charge in [-0.25, -0.2) is 0 Å². The second kappa shape index (κ2) is 3.20. The van der Waals surface area contributed by atoms with E-state index in [1.54, 1.807) is 0 Å². The zero-order valence-corrected chi connectivity index (χ0v) is 8.13. The summed E-state index contributed by atoms with van der Waals surface area (Å²) in [5.41, 5.74) is 0. The van der Waals surface area contributed by atoms with Gasteiger partial charge in [0, 0.05) is 31.7 Å². The van der Waals surface area contributed by atoms with E-state index < -0.39 is 10.2 Å². The van der Waals surface area contributed by atoms with Crippen molar-refractivity contribution in [2.24, 2.45) is 5.92 Å². The molecule has 2 rings (SSSR count). The van der Waals surface area contributed by atoms with Gasteiger partial charge in [-0.05, 0) is 12.8 Å². The molecule has 5 nitrogen and oxygen atoms in total. The molecule has 0 aromatic rings. The minimum Gasteiger partial charge on any atom is -0.396 e. The molecule has 0 bridgehead atoms. The fourth-order valence-electron chi connectivity index (χ4n) is 1.32. The highest BCUT2D eigenvalue weighted by Crippen LogP contribution is 2.23. The number of aliphatic hydroxyl groups is 1. The molecule has 1 saturated heterocycles. The van der Waals surface area contributed by atoms with E-state index in [0.29, 0.717) is 13.1 Å². The van der Waals surface area contributed by atoms with Crippen molar-refractivity contribution in [3.8, 4) is 0 Å². The van der Waals surface area contributed by atoms with Crippen molar-refractivity contribution in [2.45, 2.75) is 18.9 Å². The molecule has 0 atom stereocenters. The van der Waals surface area contributed by atoms with Gasteiger partial charge in [-0.15, -0.1) is 0 Å². The summed E-state index contributed by atoms with van der Waals surface area (Å²) in [5, 5.41) is 8.72. The van der Waals surface area contributed by atoms with E-state index in [2.05, 4.69) is 4.72 Å². The van der Waals surface area contributed by atoms with Crippen LogP contribution in [0, 0.1) is 5.92 Å². The lowest BCUT2D eigenvalue weighted by atomic mass is 10.1. The minimum absolute atomic E-state index is 0.0788. The molecule has 1 aliphatic heterocycles. The zero-order chi connectivity index (χ0) is 9.47. The highest BCUT2D eigenvalue weighted by atomic mass is 32.2. The highest BCUT2D eigenvalue weighted by Gasteiger charge is 2.38. The number of nitrogens with one attached hydrogen (secondary N) is 1. The Kier molecular flexibility index (Phi) is 2.31. The third-order valence-electron chi connectivity index (χ3n) is 2.41. The fourth-order valence-corrected chi connectivity index (χ4v) is 2.94. The molecule has 0 aromatic carbocycles. The van der Waals surface area contributed by atoms with Crippen LogP contribution in [0.1, 0.15) is 12.8 Å². The van der Waals surface area contributed by atoms with Crippen LogP contribution in [0.4, 0.5) is 0 Å². The van der Waals surface area contributed by atoms with E-state index in [-0.39, 0.29) is 18.6 Å². The molecule has 2 aliphatic rings. The van der Waals surface area contributed by atoms with Gasteiger partial charge in [0.2, 0.25) is 0 Å². The molecule has 0 unspecified atom stereocenters. The summed E-state index contributed by atoms with van der Waals surface area (Å²) in [4.78, 5) is 0. The summed E-state index contributed by atoms with van der Waals surface area (Å²) in [6, 6.07) is 0.165. The molecule has 1 heterocycles. The van der Waals surface area contributed by atoms with Crippen molar-refractivity contribution in [2.75, 3.05) is 19.7 Å². The monoisotopic (exact) mass is 206 g/mol. The number of rotatable bonds is 4. The van der Waals surface area contributed by atoms with Gasteiger partial charge in [0.05, 0.1) is 0 Å². The van der Waals surface area contributed by atoms with Crippen LogP contribution in [0.15, 0.2) is 0 Å². The molecule has 0 aromatic heterocycles. The Hall–Kier alpha value is -0.170. The van der Waals surface area contributed by atoms with Crippen molar-refractivity contribution in [3.63, 3.8) is 0 Å². The van der Waals surface area contributed by atoms with Crippen LogP contribution in [-0.2, 0) is 10.2 Å². The maximum Gasteiger partial charge on any atom is 0.279 e. The van der Waals surface area contributed by atoms with E-state index in [1.165, 1.54) is 4.31 Å². The van der Waals surface area contributed by atoms with E-state index in [4.69, 9.17) is 5.11 Å². The smallest absolute Gasteiger partial charge is 0.279 e. The Balaban J connectivity index is 1.85. The van der Waals surface area contributed by atoms with Gasteiger partial charge in [-0.3, -0.25) is 0 Å². The lowest BCUT2D eigenvalue weighted by molar-refractivity contribution is 0.116. The van der Waals surface area contributed by atoms with Gasteiger partial charge in [0.15, 0.2) is 0 Å². The zero-order valence-electron chi connectivity index (χ0n) is 7.31. The van der Waals surface area contributed by atoms with E-state index in [0.717, 1.165) is 12.8 Å². The molecule has 76 valence electrons.